The highest BCUT2D eigenvalue weighted by molar-refractivity contribution is 6.05. The van der Waals surface area contributed by atoms with E-state index in [1.165, 1.54) is 44.2 Å². The van der Waals surface area contributed by atoms with Crippen LogP contribution in [0.3, 0.4) is 0 Å². The van der Waals surface area contributed by atoms with E-state index in [0.29, 0.717) is 0 Å². The van der Waals surface area contributed by atoms with Crippen LogP contribution in [-0.4, -0.2) is 0 Å². The molecule has 120 valence electrons. The lowest BCUT2D eigenvalue weighted by Crippen LogP contribution is -1.92. The maximum Gasteiger partial charge on any atom is -0.00273 e. The molecular formula is C24H24. The first-order valence-electron chi connectivity index (χ1n) is 8.51. The second-order valence-electron chi connectivity index (χ2n) is 6.41. The van der Waals surface area contributed by atoms with Crippen LogP contribution in [-0.2, 0) is 0 Å². The molecule has 3 aromatic carbocycles. The third kappa shape index (κ3) is 3.05. The molecule has 0 heterocycles. The molecule has 0 unspecified atom stereocenters. The van der Waals surface area contributed by atoms with E-state index < -0.39 is 0 Å². The van der Waals surface area contributed by atoms with Crippen LogP contribution in [0.1, 0.15) is 30.5 Å². The molecule has 0 bridgehead atoms. The summed E-state index contributed by atoms with van der Waals surface area (Å²) in [5.41, 5.74) is 7.86. The maximum atomic E-state index is 2.31. The summed E-state index contributed by atoms with van der Waals surface area (Å²) in [4.78, 5) is 0. The predicted octanol–water partition coefficient (Wildman–Crippen LogP) is 7.10. The molecule has 0 spiro atoms. The van der Waals surface area contributed by atoms with Gasteiger partial charge in [0.15, 0.2) is 0 Å². The van der Waals surface area contributed by atoms with Crippen molar-refractivity contribution in [2.45, 2.75) is 27.7 Å². The quantitative estimate of drug-likeness (QED) is 0.452. The molecule has 0 atom stereocenters. The van der Waals surface area contributed by atoms with Crippen LogP contribution in [0.15, 0.2) is 72.8 Å². The van der Waals surface area contributed by atoms with E-state index >= 15 is 0 Å². The normalized spacial score (nSPS) is 12.2. The smallest absolute Gasteiger partial charge is 0.00273 e. The fourth-order valence-electron chi connectivity index (χ4n) is 3.34. The van der Waals surface area contributed by atoms with Crippen molar-refractivity contribution in [1.29, 1.82) is 0 Å². The molecule has 0 aliphatic heterocycles. The fraction of sp³-hybridized carbons (Fsp3) is 0.167. The van der Waals surface area contributed by atoms with Gasteiger partial charge >= 0.3 is 0 Å². The summed E-state index contributed by atoms with van der Waals surface area (Å²) in [6.07, 6.45) is 6.39. The highest BCUT2D eigenvalue weighted by Crippen LogP contribution is 2.37. The molecule has 0 fully saturated rings. The molecule has 0 heteroatoms. The van der Waals surface area contributed by atoms with Gasteiger partial charge in [0, 0.05) is 0 Å². The van der Waals surface area contributed by atoms with Crippen molar-refractivity contribution in [3.05, 3.63) is 89.5 Å². The summed E-state index contributed by atoms with van der Waals surface area (Å²) in [6, 6.07) is 19.8. The number of allylic oxidation sites excluding steroid dienone is 4. The minimum Gasteiger partial charge on any atom is -0.0877 e. The summed E-state index contributed by atoms with van der Waals surface area (Å²) in [7, 11) is 0. The third-order valence-corrected chi connectivity index (χ3v) is 4.50. The molecular weight excluding hydrogens is 288 g/mol. The predicted molar refractivity (Wildman–Crippen MR) is 107 cm³/mol. The number of aryl methyl sites for hydroxylation is 2. The molecule has 3 aromatic rings. The maximum absolute atomic E-state index is 2.31. The van der Waals surface area contributed by atoms with Crippen LogP contribution in [0.25, 0.3) is 27.5 Å². The Hall–Kier alpha value is -2.60. The standard InChI is InChI=1S/C24H24/c1-5-6-10-18(3)22-16-17(2)15-21-14-13-19(4)23(24(21)22)20-11-8-7-9-12-20/h5-16H,1-4H3/b6-5+,18-10+. The van der Waals surface area contributed by atoms with Gasteiger partial charge in [0.2, 0.25) is 0 Å². The zero-order valence-corrected chi connectivity index (χ0v) is 14.9. The van der Waals surface area contributed by atoms with Gasteiger partial charge in [0.25, 0.3) is 0 Å². The molecule has 0 amide bonds. The van der Waals surface area contributed by atoms with Gasteiger partial charge in [0.1, 0.15) is 0 Å². The summed E-state index contributed by atoms with van der Waals surface area (Å²) >= 11 is 0. The first kappa shape index (κ1) is 16.3. The topological polar surface area (TPSA) is 0 Å². The molecule has 24 heavy (non-hydrogen) atoms. The van der Waals surface area contributed by atoms with E-state index in [1.807, 2.05) is 0 Å². The van der Waals surface area contributed by atoms with Crippen LogP contribution in [0.5, 0.6) is 0 Å². The summed E-state index contributed by atoms with van der Waals surface area (Å²) < 4.78 is 0. The van der Waals surface area contributed by atoms with Gasteiger partial charge in [-0.25, -0.2) is 0 Å². The summed E-state index contributed by atoms with van der Waals surface area (Å²) in [5.74, 6) is 0. The lowest BCUT2D eigenvalue weighted by molar-refractivity contribution is 1.44. The van der Waals surface area contributed by atoms with Crippen LogP contribution < -0.4 is 0 Å². The van der Waals surface area contributed by atoms with Crippen LogP contribution in [0.4, 0.5) is 0 Å². The molecule has 0 saturated heterocycles. The van der Waals surface area contributed by atoms with E-state index in [1.54, 1.807) is 0 Å². The van der Waals surface area contributed by atoms with E-state index in [2.05, 4.69) is 101 Å². The third-order valence-electron chi connectivity index (χ3n) is 4.50. The average Bonchev–Trinajstić information content (AvgIpc) is 2.60. The number of hydrogen-bond donors (Lipinski definition) is 0. The van der Waals surface area contributed by atoms with Crippen molar-refractivity contribution >= 4 is 16.3 Å². The van der Waals surface area contributed by atoms with Crippen molar-refractivity contribution in [3.63, 3.8) is 0 Å². The SMILES string of the molecule is C/C=C/C=C(\C)c1cc(C)cc2ccc(C)c(-c3ccccc3)c12. The van der Waals surface area contributed by atoms with Crippen LogP contribution in [0, 0.1) is 13.8 Å². The van der Waals surface area contributed by atoms with Crippen LogP contribution in [0.2, 0.25) is 0 Å². The summed E-state index contributed by atoms with van der Waals surface area (Å²) in [5, 5.41) is 2.66. The lowest BCUT2D eigenvalue weighted by Gasteiger charge is -2.16. The van der Waals surface area contributed by atoms with Crippen molar-refractivity contribution < 1.29 is 0 Å². The van der Waals surface area contributed by atoms with Crippen LogP contribution >= 0.6 is 0 Å². The van der Waals surface area contributed by atoms with Gasteiger partial charge in [-0.05, 0) is 71.9 Å². The van der Waals surface area contributed by atoms with Gasteiger partial charge < -0.3 is 0 Å². The zero-order valence-electron chi connectivity index (χ0n) is 14.9. The highest BCUT2D eigenvalue weighted by Gasteiger charge is 2.12. The Morgan fingerprint density at radius 3 is 2.38 bits per heavy atom. The van der Waals surface area contributed by atoms with Crippen molar-refractivity contribution in [2.75, 3.05) is 0 Å². The Labute approximate surface area is 145 Å². The largest absolute Gasteiger partial charge is 0.0877 e. The number of benzene rings is 3. The van der Waals surface area contributed by atoms with Crippen molar-refractivity contribution in [3.8, 4) is 11.1 Å². The van der Waals surface area contributed by atoms with Gasteiger partial charge in [-0.2, -0.15) is 0 Å². The van der Waals surface area contributed by atoms with Crippen molar-refractivity contribution in [2.24, 2.45) is 0 Å². The second-order valence-corrected chi connectivity index (χ2v) is 6.41. The average molecular weight is 312 g/mol. The molecule has 0 nitrogen and oxygen atoms in total. The molecule has 0 aromatic heterocycles. The van der Waals surface area contributed by atoms with Gasteiger partial charge in [-0.15, -0.1) is 0 Å². The van der Waals surface area contributed by atoms with E-state index in [4.69, 9.17) is 0 Å². The fourth-order valence-corrected chi connectivity index (χ4v) is 3.34. The Balaban J connectivity index is 2.42. The second kappa shape index (κ2) is 6.88. The Kier molecular flexibility index (Phi) is 4.66. The number of hydrogen-bond acceptors (Lipinski definition) is 0. The number of rotatable bonds is 3. The Bertz CT molecular complexity index is 925. The minimum absolute atomic E-state index is 1.28. The molecule has 0 saturated carbocycles. The molecule has 0 aliphatic rings. The molecule has 0 N–H and O–H groups in total. The van der Waals surface area contributed by atoms with Gasteiger partial charge in [0.05, 0.1) is 0 Å². The van der Waals surface area contributed by atoms with E-state index in [9.17, 15) is 0 Å². The Morgan fingerprint density at radius 2 is 1.67 bits per heavy atom. The first-order valence-corrected chi connectivity index (χ1v) is 8.51. The van der Waals surface area contributed by atoms with Gasteiger partial charge in [-0.3, -0.25) is 0 Å². The van der Waals surface area contributed by atoms with E-state index in [0.717, 1.165) is 0 Å². The molecule has 0 radical (unpaired) electrons. The molecule has 0 aliphatic carbocycles. The van der Waals surface area contributed by atoms with E-state index in [-0.39, 0.29) is 0 Å². The minimum atomic E-state index is 1.28. The van der Waals surface area contributed by atoms with Gasteiger partial charge in [-0.1, -0.05) is 72.8 Å². The monoisotopic (exact) mass is 312 g/mol. The highest BCUT2D eigenvalue weighted by atomic mass is 14.2. The number of fused-ring (bicyclic) bond motifs is 1. The summed E-state index contributed by atoms with van der Waals surface area (Å²) in [6.45, 7) is 8.63. The van der Waals surface area contributed by atoms with Crippen molar-refractivity contribution in [1.82, 2.24) is 0 Å². The first-order chi connectivity index (χ1) is 11.6. The zero-order chi connectivity index (χ0) is 17.1. The Morgan fingerprint density at radius 1 is 0.917 bits per heavy atom. The molecule has 3 rings (SSSR count). The lowest BCUT2D eigenvalue weighted by atomic mass is 9.88.